The van der Waals surface area contributed by atoms with Crippen LogP contribution in [0.2, 0.25) is 0 Å². The van der Waals surface area contributed by atoms with Gasteiger partial charge in [0, 0.05) is 0 Å². The van der Waals surface area contributed by atoms with Gasteiger partial charge in [-0.15, -0.1) is 23.5 Å². The summed E-state index contributed by atoms with van der Waals surface area (Å²) in [6, 6.07) is 16.2. The van der Waals surface area contributed by atoms with E-state index in [-0.39, 0.29) is 18.6 Å². The molecule has 4 nitrogen and oxygen atoms in total. The molecule has 29 heavy (non-hydrogen) atoms. The zero-order valence-electron chi connectivity index (χ0n) is 16.6. The van der Waals surface area contributed by atoms with Gasteiger partial charge in [-0.2, -0.15) is 0 Å². The molecule has 0 aromatic heterocycles. The van der Waals surface area contributed by atoms with Crippen molar-refractivity contribution in [3.05, 3.63) is 59.7 Å². The van der Waals surface area contributed by atoms with Gasteiger partial charge >= 0.3 is 0 Å². The number of ether oxygens (including phenoxy) is 2. The molecule has 1 N–H and O–H groups in total. The van der Waals surface area contributed by atoms with Crippen molar-refractivity contribution in [3.8, 4) is 11.5 Å². The summed E-state index contributed by atoms with van der Waals surface area (Å²) in [6.45, 7) is 0.0334. The SMILES string of the molecule is COc1ccc(C(NC(=O)COc2ccc(C3SCCCS3)cc2)C2CC2)cc1. The quantitative estimate of drug-likeness (QED) is 0.624. The van der Waals surface area contributed by atoms with Crippen LogP contribution in [-0.4, -0.2) is 31.1 Å². The zero-order chi connectivity index (χ0) is 20.1. The van der Waals surface area contributed by atoms with Crippen molar-refractivity contribution in [2.45, 2.75) is 29.9 Å². The molecule has 2 fully saturated rings. The Labute approximate surface area is 181 Å². The highest BCUT2D eigenvalue weighted by molar-refractivity contribution is 8.16. The van der Waals surface area contributed by atoms with Crippen molar-refractivity contribution in [2.24, 2.45) is 5.92 Å². The van der Waals surface area contributed by atoms with E-state index in [1.807, 2.05) is 59.9 Å². The van der Waals surface area contributed by atoms with Crippen molar-refractivity contribution in [2.75, 3.05) is 25.2 Å². The van der Waals surface area contributed by atoms with Gasteiger partial charge in [0.05, 0.1) is 17.7 Å². The van der Waals surface area contributed by atoms with Crippen LogP contribution in [0.25, 0.3) is 0 Å². The third kappa shape index (κ3) is 5.64. The summed E-state index contributed by atoms with van der Waals surface area (Å²) < 4.78 is 11.5. The Kier molecular flexibility index (Phi) is 6.93. The van der Waals surface area contributed by atoms with Crippen molar-refractivity contribution in [1.82, 2.24) is 5.32 Å². The predicted molar refractivity (Wildman–Crippen MR) is 121 cm³/mol. The molecule has 1 aliphatic heterocycles. The van der Waals surface area contributed by atoms with Gasteiger partial charge in [0.25, 0.3) is 5.91 Å². The Balaban J connectivity index is 1.30. The highest BCUT2D eigenvalue weighted by Crippen LogP contribution is 2.44. The fourth-order valence-corrected chi connectivity index (χ4v) is 6.37. The number of hydrogen-bond donors (Lipinski definition) is 1. The van der Waals surface area contributed by atoms with Crippen LogP contribution in [0, 0.1) is 5.92 Å². The molecule has 1 atom stereocenters. The van der Waals surface area contributed by atoms with E-state index in [0.717, 1.165) is 29.9 Å². The fourth-order valence-electron chi connectivity index (χ4n) is 3.48. The first-order valence-corrected chi connectivity index (χ1v) is 12.2. The number of carbonyl (C=O) groups is 1. The zero-order valence-corrected chi connectivity index (χ0v) is 18.3. The normalized spacial score (nSPS) is 18.1. The summed E-state index contributed by atoms with van der Waals surface area (Å²) in [5.41, 5.74) is 2.44. The van der Waals surface area contributed by atoms with E-state index in [9.17, 15) is 4.79 Å². The second-order valence-corrected chi connectivity index (χ2v) is 10.2. The Hall–Kier alpha value is -1.79. The van der Waals surface area contributed by atoms with E-state index in [4.69, 9.17) is 9.47 Å². The van der Waals surface area contributed by atoms with Gasteiger partial charge in [0.15, 0.2) is 6.61 Å². The standard InChI is InChI=1S/C23H27NO3S2/c1-26-19-9-5-17(6-10-19)22(16-3-4-16)24-21(25)15-27-20-11-7-18(8-12-20)23-28-13-2-14-29-23/h5-12,16,22-23H,2-4,13-15H2,1H3,(H,24,25). The summed E-state index contributed by atoms with van der Waals surface area (Å²) >= 11 is 4.01. The Morgan fingerprint density at radius 2 is 1.69 bits per heavy atom. The highest BCUT2D eigenvalue weighted by atomic mass is 32.2. The molecule has 1 amide bonds. The molecule has 1 saturated carbocycles. The number of hydrogen-bond acceptors (Lipinski definition) is 5. The number of methoxy groups -OCH3 is 1. The molecule has 1 saturated heterocycles. The van der Waals surface area contributed by atoms with Gasteiger partial charge in [-0.05, 0) is 72.1 Å². The van der Waals surface area contributed by atoms with Crippen LogP contribution in [0.1, 0.15) is 41.0 Å². The van der Waals surface area contributed by atoms with Gasteiger partial charge in [-0.3, -0.25) is 4.79 Å². The van der Waals surface area contributed by atoms with Gasteiger partial charge in [-0.1, -0.05) is 24.3 Å². The third-order valence-corrected chi connectivity index (χ3v) is 8.25. The lowest BCUT2D eigenvalue weighted by atomic mass is 10.0. The molecule has 1 heterocycles. The second-order valence-electron chi connectivity index (χ2n) is 7.44. The molecule has 2 aliphatic rings. The summed E-state index contributed by atoms with van der Waals surface area (Å²) in [5.74, 6) is 4.45. The van der Waals surface area contributed by atoms with E-state index >= 15 is 0 Å². The monoisotopic (exact) mass is 429 g/mol. The molecule has 154 valence electrons. The number of carbonyl (C=O) groups excluding carboxylic acids is 1. The molecule has 2 aromatic rings. The lowest BCUT2D eigenvalue weighted by Gasteiger charge is -2.21. The van der Waals surface area contributed by atoms with Gasteiger partial charge in [0.1, 0.15) is 11.5 Å². The lowest BCUT2D eigenvalue weighted by Crippen LogP contribution is -2.33. The number of rotatable bonds is 8. The minimum atomic E-state index is -0.0832. The molecule has 1 unspecified atom stereocenters. The Bertz CT molecular complexity index is 800. The van der Waals surface area contributed by atoms with E-state index in [2.05, 4.69) is 17.4 Å². The largest absolute Gasteiger partial charge is 0.497 e. The highest BCUT2D eigenvalue weighted by Gasteiger charge is 2.33. The maximum absolute atomic E-state index is 12.5. The molecular formula is C23H27NO3S2. The molecule has 1 aliphatic carbocycles. The van der Waals surface area contributed by atoms with Gasteiger partial charge in [-0.25, -0.2) is 0 Å². The topological polar surface area (TPSA) is 47.6 Å². The predicted octanol–water partition coefficient (Wildman–Crippen LogP) is 5.21. The Morgan fingerprint density at radius 1 is 1.03 bits per heavy atom. The average Bonchev–Trinajstić information content (AvgIpc) is 3.62. The minimum Gasteiger partial charge on any atom is -0.497 e. The Morgan fingerprint density at radius 3 is 2.31 bits per heavy atom. The van der Waals surface area contributed by atoms with Crippen LogP contribution < -0.4 is 14.8 Å². The van der Waals surface area contributed by atoms with Crippen LogP contribution in [0.3, 0.4) is 0 Å². The smallest absolute Gasteiger partial charge is 0.258 e. The molecule has 0 radical (unpaired) electrons. The lowest BCUT2D eigenvalue weighted by molar-refractivity contribution is -0.124. The van der Waals surface area contributed by atoms with E-state index in [0.29, 0.717) is 10.5 Å². The summed E-state index contributed by atoms with van der Waals surface area (Å²) in [7, 11) is 1.66. The van der Waals surface area contributed by atoms with Gasteiger partial charge in [0.2, 0.25) is 0 Å². The van der Waals surface area contributed by atoms with Crippen LogP contribution in [-0.2, 0) is 4.79 Å². The fraction of sp³-hybridized carbons (Fsp3) is 0.435. The van der Waals surface area contributed by atoms with E-state index in [1.165, 1.54) is 23.5 Å². The first kappa shape index (κ1) is 20.5. The van der Waals surface area contributed by atoms with Crippen LogP contribution >= 0.6 is 23.5 Å². The molecule has 0 spiro atoms. The molecule has 4 rings (SSSR count). The minimum absolute atomic E-state index is 0.0334. The maximum atomic E-state index is 12.5. The first-order valence-electron chi connectivity index (χ1n) is 10.1. The summed E-state index contributed by atoms with van der Waals surface area (Å²) in [4.78, 5) is 12.5. The van der Waals surface area contributed by atoms with Crippen molar-refractivity contribution in [3.63, 3.8) is 0 Å². The number of nitrogens with one attached hydrogen (secondary N) is 1. The molecule has 2 aromatic carbocycles. The third-order valence-electron chi connectivity index (χ3n) is 5.23. The molecular weight excluding hydrogens is 402 g/mol. The molecule has 6 heteroatoms. The first-order chi connectivity index (χ1) is 14.2. The van der Waals surface area contributed by atoms with Crippen molar-refractivity contribution < 1.29 is 14.3 Å². The number of amides is 1. The van der Waals surface area contributed by atoms with E-state index < -0.39 is 0 Å². The average molecular weight is 430 g/mol. The van der Waals surface area contributed by atoms with Crippen molar-refractivity contribution >= 4 is 29.4 Å². The van der Waals surface area contributed by atoms with Crippen LogP contribution in [0.5, 0.6) is 11.5 Å². The number of thioether (sulfide) groups is 2. The second kappa shape index (κ2) is 9.81. The van der Waals surface area contributed by atoms with Crippen LogP contribution in [0.15, 0.2) is 48.5 Å². The van der Waals surface area contributed by atoms with Gasteiger partial charge < -0.3 is 14.8 Å². The maximum Gasteiger partial charge on any atom is 0.258 e. The number of benzene rings is 2. The summed E-state index contributed by atoms with van der Waals surface area (Å²) in [5, 5.41) is 3.15. The van der Waals surface area contributed by atoms with E-state index in [1.54, 1.807) is 7.11 Å². The summed E-state index contributed by atoms with van der Waals surface area (Å²) in [6.07, 6.45) is 3.59. The van der Waals surface area contributed by atoms with Crippen molar-refractivity contribution in [1.29, 1.82) is 0 Å². The van der Waals surface area contributed by atoms with Crippen LogP contribution in [0.4, 0.5) is 0 Å². The molecule has 0 bridgehead atoms.